The third kappa shape index (κ3) is 3.60. The second-order valence-corrected chi connectivity index (χ2v) is 7.62. The summed E-state index contributed by atoms with van der Waals surface area (Å²) < 4.78 is 0. The molecule has 8 heteroatoms. The molecule has 1 aliphatic heterocycles. The Morgan fingerprint density at radius 1 is 1.38 bits per heavy atom. The minimum absolute atomic E-state index is 0.0107. The lowest BCUT2D eigenvalue weighted by Crippen LogP contribution is -2.37. The van der Waals surface area contributed by atoms with E-state index in [1.165, 1.54) is 18.2 Å². The van der Waals surface area contributed by atoms with Crippen LogP contribution in [-0.2, 0) is 24.9 Å². The van der Waals surface area contributed by atoms with Gasteiger partial charge in [0.25, 0.3) is 11.2 Å². The van der Waals surface area contributed by atoms with Crippen molar-refractivity contribution in [3.8, 4) is 5.75 Å². The fourth-order valence-corrected chi connectivity index (χ4v) is 3.02. The largest absolute Gasteiger partial charge is 0.508 e. The van der Waals surface area contributed by atoms with Gasteiger partial charge in [-0.05, 0) is 6.07 Å². The van der Waals surface area contributed by atoms with E-state index in [1.54, 1.807) is 0 Å². The molecule has 0 spiro atoms. The molecule has 1 aromatic carbocycles. The molecule has 2 heterocycles. The molecule has 2 aromatic rings. The van der Waals surface area contributed by atoms with Gasteiger partial charge in [0, 0.05) is 49.2 Å². The Labute approximate surface area is 150 Å². The van der Waals surface area contributed by atoms with Gasteiger partial charge in [0.1, 0.15) is 11.6 Å². The molecule has 26 heavy (non-hydrogen) atoms. The number of non-ortho nitro benzene ring substituents is 1. The molecule has 1 aliphatic rings. The second-order valence-electron chi connectivity index (χ2n) is 7.62. The first-order chi connectivity index (χ1) is 12.1. The quantitative estimate of drug-likeness (QED) is 0.643. The molecular formula is C18H22N4O4. The fourth-order valence-electron chi connectivity index (χ4n) is 3.02. The molecule has 0 saturated heterocycles. The Morgan fingerprint density at radius 3 is 2.77 bits per heavy atom. The van der Waals surface area contributed by atoms with Crippen LogP contribution in [-0.4, -0.2) is 31.4 Å². The maximum Gasteiger partial charge on any atom is 0.270 e. The van der Waals surface area contributed by atoms with E-state index in [0.717, 1.165) is 5.69 Å². The molecule has 138 valence electrons. The van der Waals surface area contributed by atoms with Crippen LogP contribution >= 0.6 is 0 Å². The molecule has 0 bridgehead atoms. The van der Waals surface area contributed by atoms with Crippen molar-refractivity contribution in [2.45, 2.75) is 45.7 Å². The number of fused-ring (bicyclic) bond motifs is 1. The number of hydrogen-bond donors (Lipinski definition) is 2. The van der Waals surface area contributed by atoms with Gasteiger partial charge >= 0.3 is 0 Å². The van der Waals surface area contributed by atoms with E-state index in [1.807, 2.05) is 25.7 Å². The van der Waals surface area contributed by atoms with Crippen LogP contribution in [0.15, 0.2) is 23.0 Å². The van der Waals surface area contributed by atoms with Crippen LogP contribution in [0.25, 0.3) is 0 Å². The number of nitrogens with one attached hydrogen (secondary N) is 1. The number of aromatic nitrogens is 2. The standard InChI is InChI=1S/C18H22N4O4/c1-18(2,3)17-19-14-6-7-21(10-13(14)16(24)20-17)9-11-8-12(22(25)26)4-5-15(11)23/h4-5,8,23H,6-7,9-10H2,1-3H3,(H,19,20,24). The molecule has 0 atom stereocenters. The SMILES string of the molecule is CC(C)(C)c1nc2c(c(=O)[nH]1)CN(Cc1cc([N+](=O)[O-])ccc1O)CC2. The highest BCUT2D eigenvalue weighted by atomic mass is 16.6. The van der Waals surface area contributed by atoms with Crippen molar-refractivity contribution in [3.05, 3.63) is 61.3 Å². The average molecular weight is 358 g/mol. The zero-order chi connectivity index (χ0) is 19.1. The minimum atomic E-state index is -0.489. The highest BCUT2D eigenvalue weighted by Gasteiger charge is 2.25. The lowest BCUT2D eigenvalue weighted by atomic mass is 9.95. The van der Waals surface area contributed by atoms with Gasteiger partial charge < -0.3 is 10.1 Å². The summed E-state index contributed by atoms with van der Waals surface area (Å²) in [6, 6.07) is 3.97. The first-order valence-electron chi connectivity index (χ1n) is 8.46. The number of aromatic amines is 1. The van der Waals surface area contributed by atoms with E-state index in [4.69, 9.17) is 0 Å². The Hall–Kier alpha value is -2.74. The second kappa shape index (κ2) is 6.53. The number of nitro benzene ring substituents is 1. The van der Waals surface area contributed by atoms with Crippen LogP contribution in [0.3, 0.4) is 0 Å². The van der Waals surface area contributed by atoms with Crippen molar-refractivity contribution < 1.29 is 10.0 Å². The number of benzene rings is 1. The molecule has 0 saturated carbocycles. The average Bonchev–Trinajstić information content (AvgIpc) is 2.56. The number of nitrogens with zero attached hydrogens (tertiary/aromatic N) is 3. The van der Waals surface area contributed by atoms with E-state index in [2.05, 4.69) is 9.97 Å². The number of aromatic hydroxyl groups is 1. The van der Waals surface area contributed by atoms with Crippen LogP contribution < -0.4 is 5.56 Å². The van der Waals surface area contributed by atoms with Crippen molar-refractivity contribution >= 4 is 5.69 Å². The van der Waals surface area contributed by atoms with E-state index in [-0.39, 0.29) is 22.4 Å². The van der Waals surface area contributed by atoms with Crippen LogP contribution in [0.1, 0.15) is 43.4 Å². The van der Waals surface area contributed by atoms with Gasteiger partial charge in [-0.2, -0.15) is 0 Å². The van der Waals surface area contributed by atoms with Crippen molar-refractivity contribution in [1.29, 1.82) is 0 Å². The van der Waals surface area contributed by atoms with Gasteiger partial charge in [-0.25, -0.2) is 4.98 Å². The predicted molar refractivity (Wildman–Crippen MR) is 96.1 cm³/mol. The molecule has 0 unspecified atom stereocenters. The van der Waals surface area contributed by atoms with Gasteiger partial charge in [-0.1, -0.05) is 20.8 Å². The van der Waals surface area contributed by atoms with Gasteiger partial charge in [0.2, 0.25) is 0 Å². The van der Waals surface area contributed by atoms with Gasteiger partial charge in [-0.15, -0.1) is 0 Å². The normalized spacial score (nSPS) is 14.9. The summed E-state index contributed by atoms with van der Waals surface area (Å²) in [5, 5.41) is 20.9. The molecule has 1 aromatic heterocycles. The number of hydrogen-bond acceptors (Lipinski definition) is 6. The number of rotatable bonds is 3. The zero-order valence-electron chi connectivity index (χ0n) is 15.1. The molecule has 0 fully saturated rings. The van der Waals surface area contributed by atoms with Crippen LogP contribution in [0.2, 0.25) is 0 Å². The van der Waals surface area contributed by atoms with E-state index < -0.39 is 4.92 Å². The zero-order valence-corrected chi connectivity index (χ0v) is 15.1. The van der Waals surface area contributed by atoms with Gasteiger partial charge in [0.15, 0.2) is 0 Å². The molecule has 2 N–H and O–H groups in total. The molecule has 0 amide bonds. The highest BCUT2D eigenvalue weighted by Crippen LogP contribution is 2.26. The summed E-state index contributed by atoms with van der Waals surface area (Å²) >= 11 is 0. The molecule has 3 rings (SSSR count). The summed E-state index contributed by atoms with van der Waals surface area (Å²) in [7, 11) is 0. The number of phenolic OH excluding ortho intramolecular Hbond substituents is 1. The maximum atomic E-state index is 12.5. The Morgan fingerprint density at radius 2 is 2.12 bits per heavy atom. The molecule has 0 aliphatic carbocycles. The summed E-state index contributed by atoms with van der Waals surface area (Å²) in [6.07, 6.45) is 0.623. The molecule has 8 nitrogen and oxygen atoms in total. The van der Waals surface area contributed by atoms with Gasteiger partial charge in [0.05, 0.1) is 16.2 Å². The first-order valence-corrected chi connectivity index (χ1v) is 8.46. The Bertz CT molecular complexity index is 914. The van der Waals surface area contributed by atoms with Crippen LogP contribution in [0.4, 0.5) is 5.69 Å². The van der Waals surface area contributed by atoms with Crippen LogP contribution in [0, 0.1) is 10.1 Å². The van der Waals surface area contributed by atoms with Crippen LogP contribution in [0.5, 0.6) is 5.75 Å². The summed E-state index contributed by atoms with van der Waals surface area (Å²) in [5.74, 6) is 0.683. The first kappa shape index (κ1) is 18.1. The van der Waals surface area contributed by atoms with E-state index in [0.29, 0.717) is 43.0 Å². The topological polar surface area (TPSA) is 112 Å². The third-order valence-electron chi connectivity index (χ3n) is 4.53. The van der Waals surface area contributed by atoms with E-state index >= 15 is 0 Å². The Kier molecular flexibility index (Phi) is 4.53. The van der Waals surface area contributed by atoms with Crippen molar-refractivity contribution in [2.75, 3.05) is 6.54 Å². The number of H-pyrrole nitrogens is 1. The minimum Gasteiger partial charge on any atom is -0.508 e. The number of phenols is 1. The Balaban J connectivity index is 1.85. The van der Waals surface area contributed by atoms with Crippen molar-refractivity contribution in [1.82, 2.24) is 14.9 Å². The molecular weight excluding hydrogens is 336 g/mol. The smallest absolute Gasteiger partial charge is 0.270 e. The summed E-state index contributed by atoms with van der Waals surface area (Å²) in [5.41, 5.74) is 1.45. The maximum absolute atomic E-state index is 12.5. The van der Waals surface area contributed by atoms with Crippen molar-refractivity contribution in [3.63, 3.8) is 0 Å². The molecule has 0 radical (unpaired) electrons. The number of nitro groups is 1. The van der Waals surface area contributed by atoms with E-state index in [9.17, 15) is 20.0 Å². The lowest BCUT2D eigenvalue weighted by molar-refractivity contribution is -0.385. The summed E-state index contributed by atoms with van der Waals surface area (Å²) in [6.45, 7) is 7.38. The highest BCUT2D eigenvalue weighted by molar-refractivity contribution is 5.43. The monoisotopic (exact) mass is 358 g/mol. The fraction of sp³-hybridized carbons (Fsp3) is 0.444. The predicted octanol–water partition coefficient (Wildman–Crippen LogP) is 2.24. The van der Waals surface area contributed by atoms with Gasteiger partial charge in [-0.3, -0.25) is 19.8 Å². The lowest BCUT2D eigenvalue weighted by Gasteiger charge is -2.29. The third-order valence-corrected chi connectivity index (χ3v) is 4.53. The summed E-state index contributed by atoms with van der Waals surface area (Å²) in [4.78, 5) is 32.4. The van der Waals surface area contributed by atoms with Crippen molar-refractivity contribution in [2.24, 2.45) is 0 Å².